The molecule has 6 nitrogen and oxygen atoms in total. The summed E-state index contributed by atoms with van der Waals surface area (Å²) in [6, 6.07) is 7.69. The summed E-state index contributed by atoms with van der Waals surface area (Å²) in [5, 5.41) is 6.37. The number of benzene rings is 1. The molecule has 0 aliphatic carbocycles. The number of hydrogen-bond donors (Lipinski definition) is 2. The van der Waals surface area contributed by atoms with Gasteiger partial charge in [0, 0.05) is 30.9 Å². The number of amides is 1. The highest BCUT2D eigenvalue weighted by atomic mass is 32.2. The maximum Gasteiger partial charge on any atom is 0.224 e. The molecule has 1 unspecified atom stereocenters. The van der Waals surface area contributed by atoms with E-state index < -0.39 is 9.84 Å². The lowest BCUT2D eigenvalue weighted by Crippen LogP contribution is -2.40. The van der Waals surface area contributed by atoms with Crippen LogP contribution >= 0.6 is 0 Å². The molecule has 2 fully saturated rings. The molecule has 0 bridgehead atoms. The van der Waals surface area contributed by atoms with Crippen molar-refractivity contribution in [3.63, 3.8) is 0 Å². The summed E-state index contributed by atoms with van der Waals surface area (Å²) in [5.41, 5.74) is 1.74. The maximum atomic E-state index is 12.4. The van der Waals surface area contributed by atoms with Crippen LogP contribution in [-0.2, 0) is 14.6 Å². The smallest absolute Gasteiger partial charge is 0.224 e. The predicted molar refractivity (Wildman–Crippen MR) is 105 cm³/mol. The van der Waals surface area contributed by atoms with Crippen molar-refractivity contribution in [3.05, 3.63) is 24.3 Å². The van der Waals surface area contributed by atoms with Gasteiger partial charge < -0.3 is 15.5 Å². The van der Waals surface area contributed by atoms with E-state index in [-0.39, 0.29) is 17.4 Å². The molecule has 1 aromatic carbocycles. The maximum absolute atomic E-state index is 12.4. The Kier molecular flexibility index (Phi) is 6.19. The number of nitrogens with zero attached hydrogens (tertiary/aromatic N) is 1. The second-order valence-electron chi connectivity index (χ2n) is 7.51. The van der Waals surface area contributed by atoms with Crippen LogP contribution in [0.2, 0.25) is 0 Å². The van der Waals surface area contributed by atoms with Crippen molar-refractivity contribution in [2.45, 2.75) is 26.2 Å². The molecular weight excluding hydrogens is 350 g/mol. The number of carbonyl (C=O) groups is 1. The summed E-state index contributed by atoms with van der Waals surface area (Å²) in [7, 11) is -2.89. The van der Waals surface area contributed by atoms with E-state index in [1.165, 1.54) is 0 Å². The Morgan fingerprint density at radius 3 is 2.65 bits per heavy atom. The van der Waals surface area contributed by atoms with Crippen LogP contribution in [-0.4, -0.2) is 52.0 Å². The number of carbonyl (C=O) groups excluding carboxylic acids is 1. The van der Waals surface area contributed by atoms with Crippen molar-refractivity contribution in [1.82, 2.24) is 5.32 Å². The van der Waals surface area contributed by atoms with Gasteiger partial charge in [-0.05, 0) is 56.0 Å². The first-order chi connectivity index (χ1) is 12.4. The molecule has 0 saturated carbocycles. The van der Waals surface area contributed by atoms with Gasteiger partial charge in [-0.3, -0.25) is 4.79 Å². The van der Waals surface area contributed by atoms with Crippen molar-refractivity contribution in [3.8, 4) is 0 Å². The normalized spacial score (nSPS) is 22.0. The lowest BCUT2D eigenvalue weighted by Gasteiger charge is -2.29. The van der Waals surface area contributed by atoms with Gasteiger partial charge in [-0.25, -0.2) is 8.42 Å². The molecular formula is C19H29N3O3S. The highest BCUT2D eigenvalue weighted by Crippen LogP contribution is 2.26. The molecule has 2 saturated heterocycles. The molecule has 0 aromatic heterocycles. The first-order valence-corrected chi connectivity index (χ1v) is 11.3. The molecule has 2 aliphatic heterocycles. The van der Waals surface area contributed by atoms with E-state index in [0.717, 1.165) is 37.3 Å². The minimum atomic E-state index is -2.89. The summed E-state index contributed by atoms with van der Waals surface area (Å²) >= 11 is 0. The van der Waals surface area contributed by atoms with Gasteiger partial charge >= 0.3 is 0 Å². The van der Waals surface area contributed by atoms with Crippen LogP contribution < -0.4 is 15.5 Å². The van der Waals surface area contributed by atoms with Gasteiger partial charge in [-0.1, -0.05) is 13.0 Å². The topological polar surface area (TPSA) is 78.5 Å². The van der Waals surface area contributed by atoms with Crippen molar-refractivity contribution >= 4 is 27.1 Å². The van der Waals surface area contributed by atoms with E-state index in [4.69, 9.17) is 0 Å². The fraction of sp³-hybridized carbons (Fsp3) is 0.632. The van der Waals surface area contributed by atoms with Gasteiger partial charge in [-0.2, -0.15) is 0 Å². The minimum Gasteiger partial charge on any atom is -0.369 e. The minimum absolute atomic E-state index is 0.0504. The molecule has 0 radical (unpaired) electrons. The van der Waals surface area contributed by atoms with Crippen molar-refractivity contribution in [2.75, 3.05) is 47.9 Å². The zero-order chi connectivity index (χ0) is 18.6. The molecule has 1 amide bonds. The third-order valence-corrected chi connectivity index (χ3v) is 7.14. The summed E-state index contributed by atoms with van der Waals surface area (Å²) < 4.78 is 23.2. The van der Waals surface area contributed by atoms with E-state index in [2.05, 4.69) is 22.5 Å². The molecule has 144 valence electrons. The summed E-state index contributed by atoms with van der Waals surface area (Å²) in [4.78, 5) is 14.5. The van der Waals surface area contributed by atoms with Crippen molar-refractivity contribution < 1.29 is 13.2 Å². The molecule has 0 spiro atoms. The van der Waals surface area contributed by atoms with Crippen LogP contribution in [0.1, 0.15) is 26.2 Å². The van der Waals surface area contributed by atoms with Gasteiger partial charge in [0.15, 0.2) is 9.84 Å². The highest BCUT2D eigenvalue weighted by Gasteiger charge is 2.23. The zero-order valence-electron chi connectivity index (χ0n) is 15.4. The SMILES string of the molecule is CC(CC(=O)Nc1cccc(N2CCS(=O)(=O)CC2)c1)C1CCNCC1. The molecule has 2 heterocycles. The first kappa shape index (κ1) is 19.2. The monoisotopic (exact) mass is 379 g/mol. The Hall–Kier alpha value is -1.60. The van der Waals surface area contributed by atoms with Crippen molar-refractivity contribution in [2.24, 2.45) is 11.8 Å². The van der Waals surface area contributed by atoms with Crippen LogP contribution in [0.15, 0.2) is 24.3 Å². The van der Waals surface area contributed by atoms with Gasteiger partial charge in [0.1, 0.15) is 0 Å². The van der Waals surface area contributed by atoms with Crippen LogP contribution in [0.3, 0.4) is 0 Å². The summed E-state index contributed by atoms with van der Waals surface area (Å²) in [6.45, 7) is 5.27. The van der Waals surface area contributed by atoms with E-state index in [1.807, 2.05) is 24.3 Å². The molecule has 2 N–H and O–H groups in total. The second-order valence-corrected chi connectivity index (χ2v) is 9.81. The van der Waals surface area contributed by atoms with Crippen LogP contribution in [0.4, 0.5) is 11.4 Å². The summed E-state index contributed by atoms with van der Waals surface area (Å²) in [6.07, 6.45) is 2.82. The lowest BCUT2D eigenvalue weighted by molar-refractivity contribution is -0.117. The predicted octanol–water partition coefficient (Wildman–Crippen LogP) is 1.89. The Morgan fingerprint density at radius 1 is 1.27 bits per heavy atom. The Bertz CT molecular complexity index is 715. The number of anilines is 2. The zero-order valence-corrected chi connectivity index (χ0v) is 16.2. The van der Waals surface area contributed by atoms with Crippen LogP contribution in [0, 0.1) is 11.8 Å². The number of nitrogens with one attached hydrogen (secondary N) is 2. The third-order valence-electron chi connectivity index (χ3n) is 5.54. The standard InChI is InChI=1S/C19H29N3O3S/c1-15(16-5-7-20-8-6-16)13-19(23)21-17-3-2-4-18(14-17)22-9-11-26(24,25)12-10-22/h2-4,14-16,20H,5-13H2,1H3,(H,21,23). The third kappa shape index (κ3) is 5.20. The second kappa shape index (κ2) is 8.39. The fourth-order valence-corrected chi connectivity index (χ4v) is 5.04. The van der Waals surface area contributed by atoms with Crippen molar-refractivity contribution in [1.29, 1.82) is 0 Å². The first-order valence-electron chi connectivity index (χ1n) is 9.49. The lowest BCUT2D eigenvalue weighted by atomic mass is 9.84. The largest absolute Gasteiger partial charge is 0.369 e. The number of hydrogen-bond acceptors (Lipinski definition) is 5. The van der Waals surface area contributed by atoms with Crippen LogP contribution in [0.5, 0.6) is 0 Å². The van der Waals surface area contributed by atoms with Gasteiger partial charge in [0.05, 0.1) is 11.5 Å². The van der Waals surface area contributed by atoms with E-state index >= 15 is 0 Å². The Balaban J connectivity index is 1.55. The molecule has 26 heavy (non-hydrogen) atoms. The number of sulfone groups is 1. The van der Waals surface area contributed by atoms with Gasteiger partial charge in [0.25, 0.3) is 0 Å². The van der Waals surface area contributed by atoms with E-state index in [1.54, 1.807) is 0 Å². The molecule has 7 heteroatoms. The van der Waals surface area contributed by atoms with E-state index in [0.29, 0.717) is 31.3 Å². The number of piperidine rings is 1. The fourth-order valence-electron chi connectivity index (χ4n) is 3.84. The molecule has 3 rings (SSSR count). The van der Waals surface area contributed by atoms with Gasteiger partial charge in [-0.15, -0.1) is 0 Å². The molecule has 1 aromatic rings. The van der Waals surface area contributed by atoms with Crippen LogP contribution in [0.25, 0.3) is 0 Å². The number of rotatable bonds is 5. The average molecular weight is 380 g/mol. The average Bonchev–Trinajstić information content (AvgIpc) is 2.62. The molecule has 1 atom stereocenters. The highest BCUT2D eigenvalue weighted by molar-refractivity contribution is 7.91. The quantitative estimate of drug-likeness (QED) is 0.817. The molecule has 2 aliphatic rings. The van der Waals surface area contributed by atoms with E-state index in [9.17, 15) is 13.2 Å². The summed E-state index contributed by atoms with van der Waals surface area (Å²) in [5.74, 6) is 1.43. The Labute approximate surface area is 156 Å². The Morgan fingerprint density at radius 2 is 1.96 bits per heavy atom. The van der Waals surface area contributed by atoms with Gasteiger partial charge in [0.2, 0.25) is 5.91 Å².